The number of nitrogens with zero attached hydrogens (tertiary/aromatic N) is 1. The lowest BCUT2D eigenvalue weighted by atomic mass is 9.88. The maximum atomic E-state index is 13.3. The number of ether oxygens (including phenoxy) is 3. The van der Waals surface area contributed by atoms with Gasteiger partial charge < -0.3 is 24.6 Å². The number of aliphatic hydroxyl groups is 1. The van der Waals surface area contributed by atoms with E-state index in [4.69, 9.17) is 14.2 Å². The maximum absolute atomic E-state index is 13.3. The molecule has 0 aliphatic carbocycles. The molecular weight excluding hydrogens is 546 g/mol. The maximum Gasteiger partial charge on any atom is 0.243 e. The van der Waals surface area contributed by atoms with Gasteiger partial charge in [-0.25, -0.2) is 21.6 Å². The van der Waals surface area contributed by atoms with Crippen molar-refractivity contribution >= 4 is 20.0 Å². The molecule has 0 radical (unpaired) electrons. The van der Waals surface area contributed by atoms with Crippen LogP contribution < -0.4 is 19.5 Å². The Morgan fingerprint density at radius 3 is 2.54 bits per heavy atom. The predicted octanol–water partition coefficient (Wildman–Crippen LogP) is 1.25. The van der Waals surface area contributed by atoms with E-state index in [2.05, 4.69) is 10.0 Å². The molecule has 2 heterocycles. The minimum atomic E-state index is -3.62. The van der Waals surface area contributed by atoms with Crippen molar-refractivity contribution in [2.45, 2.75) is 53.7 Å². The molecule has 0 bridgehead atoms. The van der Waals surface area contributed by atoms with Crippen LogP contribution in [0.4, 0.5) is 0 Å². The fourth-order valence-corrected chi connectivity index (χ4v) is 7.45. The molecule has 2 atom stereocenters. The average molecular weight is 584 g/mol. The van der Waals surface area contributed by atoms with Crippen LogP contribution in [0.15, 0.2) is 52.3 Å². The molecule has 2 aromatic carbocycles. The molecule has 11 nitrogen and oxygen atoms in total. The van der Waals surface area contributed by atoms with Crippen molar-refractivity contribution in [2.24, 2.45) is 0 Å². The molecule has 2 aliphatic rings. The summed E-state index contributed by atoms with van der Waals surface area (Å²) in [5.41, 5.74) is 0.258. The van der Waals surface area contributed by atoms with Gasteiger partial charge in [0.25, 0.3) is 0 Å². The van der Waals surface area contributed by atoms with Crippen molar-refractivity contribution in [2.75, 3.05) is 47.0 Å². The van der Waals surface area contributed by atoms with Crippen LogP contribution in [0.25, 0.3) is 0 Å². The number of rotatable bonds is 11. The van der Waals surface area contributed by atoms with Crippen molar-refractivity contribution in [3.05, 3.63) is 48.0 Å². The van der Waals surface area contributed by atoms with Gasteiger partial charge in [0, 0.05) is 31.7 Å². The van der Waals surface area contributed by atoms with E-state index in [-0.39, 0.29) is 34.6 Å². The van der Waals surface area contributed by atoms with E-state index < -0.39 is 26.2 Å². The van der Waals surface area contributed by atoms with Crippen molar-refractivity contribution in [1.29, 1.82) is 0 Å². The zero-order valence-electron chi connectivity index (χ0n) is 22.4. The van der Waals surface area contributed by atoms with Crippen molar-refractivity contribution in [3.8, 4) is 11.5 Å². The molecule has 2 aliphatic heterocycles. The molecule has 3 N–H and O–H groups in total. The lowest BCUT2D eigenvalue weighted by Gasteiger charge is -2.38. The van der Waals surface area contributed by atoms with E-state index in [1.165, 1.54) is 23.5 Å². The SMILES string of the molecule is CNS(=O)(=O)c1cccc(OC[C@@H](O)CNC2COC3(CCN(S(=O)(=O)c4ccc(OC)cc4C)CC3)C2)c1. The van der Waals surface area contributed by atoms with Gasteiger partial charge in [0.1, 0.15) is 24.2 Å². The van der Waals surface area contributed by atoms with E-state index in [0.717, 1.165) is 6.42 Å². The summed E-state index contributed by atoms with van der Waals surface area (Å²) < 4.78 is 71.2. The number of benzene rings is 2. The third-order valence-electron chi connectivity index (χ3n) is 7.31. The van der Waals surface area contributed by atoms with Crippen molar-refractivity contribution in [1.82, 2.24) is 14.3 Å². The number of aliphatic hydroxyl groups excluding tert-OH is 1. The van der Waals surface area contributed by atoms with Crippen molar-refractivity contribution < 1.29 is 36.2 Å². The van der Waals surface area contributed by atoms with Crippen LogP contribution in [0.3, 0.4) is 0 Å². The smallest absolute Gasteiger partial charge is 0.243 e. The molecule has 0 aromatic heterocycles. The highest BCUT2D eigenvalue weighted by Crippen LogP contribution is 2.38. The van der Waals surface area contributed by atoms with Gasteiger partial charge in [0.15, 0.2) is 0 Å². The summed E-state index contributed by atoms with van der Waals surface area (Å²) in [6, 6.07) is 11.1. The number of hydrogen-bond donors (Lipinski definition) is 3. The standard InChI is InChI=1S/C26H37N3O8S2/c1-19-13-22(35-3)7-8-25(19)39(33,34)29-11-9-26(10-12-29)15-20(17-37-26)28-16-21(30)18-36-23-5-4-6-24(14-23)38(31,32)27-2/h4-8,13-14,20-21,27-28,30H,9-12,15-18H2,1-3H3/t20?,21-/m0/s1. The number of sulfonamides is 2. The van der Waals surface area contributed by atoms with Crippen LogP contribution >= 0.6 is 0 Å². The van der Waals surface area contributed by atoms with Gasteiger partial charge in [-0.05, 0) is 69.1 Å². The molecule has 2 fully saturated rings. The summed E-state index contributed by atoms with van der Waals surface area (Å²) in [7, 11) is -4.32. The number of nitrogens with one attached hydrogen (secondary N) is 2. The van der Waals surface area contributed by atoms with Crippen LogP contribution in [-0.4, -0.2) is 91.0 Å². The third kappa shape index (κ3) is 6.91. The molecule has 2 aromatic rings. The Balaban J connectivity index is 1.24. The Kier molecular flexibility index (Phi) is 9.21. The normalized spacial score (nSPS) is 20.7. The summed E-state index contributed by atoms with van der Waals surface area (Å²) in [5, 5.41) is 13.7. The summed E-state index contributed by atoms with van der Waals surface area (Å²) >= 11 is 0. The van der Waals surface area contributed by atoms with Gasteiger partial charge in [-0.15, -0.1) is 0 Å². The van der Waals surface area contributed by atoms with Crippen LogP contribution in [-0.2, 0) is 24.8 Å². The Hall–Kier alpha value is -2.26. The van der Waals surface area contributed by atoms with E-state index in [9.17, 15) is 21.9 Å². The lowest BCUT2D eigenvalue weighted by Crippen LogP contribution is -2.47. The largest absolute Gasteiger partial charge is 0.497 e. The molecule has 1 unspecified atom stereocenters. The summed E-state index contributed by atoms with van der Waals surface area (Å²) in [5.74, 6) is 0.966. The van der Waals surface area contributed by atoms with Crippen LogP contribution in [0.1, 0.15) is 24.8 Å². The first kappa shape index (κ1) is 29.7. The summed E-state index contributed by atoms with van der Waals surface area (Å²) in [4.78, 5) is 0.374. The Labute approximate surface area is 230 Å². The number of piperidine rings is 1. The molecule has 4 rings (SSSR count). The molecular formula is C26H37N3O8S2. The van der Waals surface area contributed by atoms with Gasteiger partial charge in [-0.2, -0.15) is 4.31 Å². The van der Waals surface area contributed by atoms with Gasteiger partial charge >= 0.3 is 0 Å². The first-order chi connectivity index (χ1) is 18.5. The van der Waals surface area contributed by atoms with E-state index in [0.29, 0.717) is 49.6 Å². The molecule has 0 amide bonds. The first-order valence-corrected chi connectivity index (χ1v) is 15.8. The van der Waals surface area contributed by atoms with Gasteiger partial charge in [0.2, 0.25) is 20.0 Å². The summed E-state index contributed by atoms with van der Waals surface area (Å²) in [6.07, 6.45) is 1.10. The quantitative estimate of drug-likeness (QED) is 0.356. The second-order valence-electron chi connectivity index (χ2n) is 9.99. The molecule has 13 heteroatoms. The average Bonchev–Trinajstić information content (AvgIpc) is 3.32. The molecule has 2 saturated heterocycles. The Morgan fingerprint density at radius 2 is 1.87 bits per heavy atom. The predicted molar refractivity (Wildman–Crippen MR) is 145 cm³/mol. The van der Waals surface area contributed by atoms with Crippen molar-refractivity contribution in [3.63, 3.8) is 0 Å². The number of hydrogen-bond acceptors (Lipinski definition) is 9. The zero-order valence-corrected chi connectivity index (χ0v) is 24.1. The van der Waals surface area contributed by atoms with Gasteiger partial charge in [-0.3, -0.25) is 0 Å². The van der Waals surface area contributed by atoms with Crippen LogP contribution in [0, 0.1) is 6.92 Å². The molecule has 216 valence electrons. The fraction of sp³-hybridized carbons (Fsp3) is 0.538. The van der Waals surface area contributed by atoms with Crippen LogP contribution in [0.2, 0.25) is 0 Å². The third-order valence-corrected chi connectivity index (χ3v) is 10.8. The lowest BCUT2D eigenvalue weighted by molar-refractivity contribution is -0.0312. The molecule has 0 saturated carbocycles. The van der Waals surface area contributed by atoms with Gasteiger partial charge in [0.05, 0.1) is 29.1 Å². The second-order valence-corrected chi connectivity index (χ2v) is 13.8. The number of methoxy groups -OCH3 is 1. The fourth-order valence-electron chi connectivity index (χ4n) is 5.04. The highest BCUT2D eigenvalue weighted by atomic mass is 32.2. The molecule has 1 spiro atoms. The minimum absolute atomic E-state index is 0.00757. The van der Waals surface area contributed by atoms with Gasteiger partial charge in [-0.1, -0.05) is 6.07 Å². The Morgan fingerprint density at radius 1 is 1.13 bits per heavy atom. The highest BCUT2D eigenvalue weighted by Gasteiger charge is 2.45. The zero-order chi connectivity index (χ0) is 28.3. The van der Waals surface area contributed by atoms with E-state index >= 15 is 0 Å². The summed E-state index contributed by atoms with van der Waals surface area (Å²) in [6.45, 7) is 3.25. The van der Waals surface area contributed by atoms with Crippen LogP contribution in [0.5, 0.6) is 11.5 Å². The topological polar surface area (TPSA) is 144 Å². The second kappa shape index (κ2) is 12.1. The van der Waals surface area contributed by atoms with E-state index in [1.54, 1.807) is 44.4 Å². The monoisotopic (exact) mass is 583 g/mol. The number of aryl methyl sites for hydroxylation is 1. The molecule has 39 heavy (non-hydrogen) atoms. The first-order valence-electron chi connectivity index (χ1n) is 12.8. The Bertz CT molecular complexity index is 1360. The van der Waals surface area contributed by atoms with E-state index in [1.807, 2.05) is 0 Å². The minimum Gasteiger partial charge on any atom is -0.497 e. The highest BCUT2D eigenvalue weighted by molar-refractivity contribution is 7.89.